The Labute approximate surface area is 132 Å². The van der Waals surface area contributed by atoms with E-state index in [2.05, 4.69) is 18.8 Å². The summed E-state index contributed by atoms with van der Waals surface area (Å²) in [5.41, 5.74) is 1.85. The van der Waals surface area contributed by atoms with Crippen LogP contribution in [0.25, 0.3) is 0 Å². The molecular formula is C17H23BFNO2. The van der Waals surface area contributed by atoms with Crippen molar-refractivity contribution in [3.8, 4) is 0 Å². The highest BCUT2D eigenvalue weighted by molar-refractivity contribution is 6.62. The van der Waals surface area contributed by atoms with Crippen LogP contribution in [0.2, 0.25) is 0 Å². The van der Waals surface area contributed by atoms with Gasteiger partial charge >= 0.3 is 7.12 Å². The highest BCUT2D eigenvalue weighted by atomic mass is 19.1. The van der Waals surface area contributed by atoms with Gasteiger partial charge in [-0.15, -0.1) is 0 Å². The van der Waals surface area contributed by atoms with Crippen LogP contribution in [0.5, 0.6) is 0 Å². The highest BCUT2D eigenvalue weighted by Gasteiger charge is 2.52. The average molecular weight is 303 g/mol. The largest absolute Gasteiger partial charge is 0.494 e. The quantitative estimate of drug-likeness (QED) is 0.743. The van der Waals surface area contributed by atoms with Crippen LogP contribution in [0.15, 0.2) is 17.1 Å². The number of hydrogen-bond acceptors (Lipinski definition) is 3. The fourth-order valence-corrected chi connectivity index (χ4v) is 2.83. The van der Waals surface area contributed by atoms with Crippen LogP contribution in [0, 0.1) is 5.82 Å². The molecule has 0 spiro atoms. The summed E-state index contributed by atoms with van der Waals surface area (Å²) in [5, 5.41) is 0. The van der Waals surface area contributed by atoms with Gasteiger partial charge in [-0.2, -0.15) is 0 Å². The molecule has 0 aromatic heterocycles. The van der Waals surface area contributed by atoms with Crippen molar-refractivity contribution in [2.45, 2.75) is 65.1 Å². The van der Waals surface area contributed by atoms with Crippen LogP contribution in [0.4, 0.5) is 10.1 Å². The van der Waals surface area contributed by atoms with Gasteiger partial charge in [0, 0.05) is 11.1 Å². The van der Waals surface area contributed by atoms with Crippen molar-refractivity contribution in [2.75, 3.05) is 0 Å². The Balaban J connectivity index is 2.04. The standard InChI is InChI=1S/C17H23BFNO2/c1-10-15(2,3)12-8-11(9-13(19)14(12)20-10)18-21-16(4,5)17(6,7)22-18/h8-9H,1-7H3. The predicted octanol–water partition coefficient (Wildman–Crippen LogP) is 3.51. The van der Waals surface area contributed by atoms with E-state index in [1.165, 1.54) is 6.07 Å². The summed E-state index contributed by atoms with van der Waals surface area (Å²) < 4.78 is 26.6. The van der Waals surface area contributed by atoms with E-state index in [0.717, 1.165) is 11.3 Å². The highest BCUT2D eigenvalue weighted by Crippen LogP contribution is 2.42. The molecule has 3 rings (SSSR count). The van der Waals surface area contributed by atoms with E-state index in [0.29, 0.717) is 11.2 Å². The van der Waals surface area contributed by atoms with E-state index in [1.54, 1.807) is 0 Å². The normalized spacial score (nSPS) is 24.4. The van der Waals surface area contributed by atoms with Gasteiger partial charge in [0.2, 0.25) is 0 Å². The zero-order valence-corrected chi connectivity index (χ0v) is 14.4. The van der Waals surface area contributed by atoms with E-state index in [-0.39, 0.29) is 11.2 Å². The summed E-state index contributed by atoms with van der Waals surface area (Å²) in [6.07, 6.45) is 0. The summed E-state index contributed by atoms with van der Waals surface area (Å²) in [6, 6.07) is 3.46. The second kappa shape index (κ2) is 4.42. The van der Waals surface area contributed by atoms with Crippen molar-refractivity contribution in [2.24, 2.45) is 4.99 Å². The van der Waals surface area contributed by atoms with E-state index in [4.69, 9.17) is 9.31 Å². The lowest BCUT2D eigenvalue weighted by Gasteiger charge is -2.32. The average Bonchev–Trinajstić information content (AvgIpc) is 2.73. The lowest BCUT2D eigenvalue weighted by atomic mass is 9.74. The molecule has 5 heteroatoms. The van der Waals surface area contributed by atoms with Gasteiger partial charge in [-0.1, -0.05) is 19.9 Å². The Kier molecular flexibility index (Phi) is 3.15. The minimum atomic E-state index is -0.554. The summed E-state index contributed by atoms with van der Waals surface area (Å²) in [4.78, 5) is 4.39. The van der Waals surface area contributed by atoms with Gasteiger partial charge in [-0.25, -0.2) is 4.39 Å². The topological polar surface area (TPSA) is 30.8 Å². The summed E-state index contributed by atoms with van der Waals surface area (Å²) in [7, 11) is -0.554. The van der Waals surface area contributed by atoms with Gasteiger partial charge in [0.15, 0.2) is 0 Å². The smallest absolute Gasteiger partial charge is 0.399 e. The molecule has 3 nitrogen and oxygen atoms in total. The number of halogens is 1. The van der Waals surface area contributed by atoms with Crippen LogP contribution in [0.3, 0.4) is 0 Å². The molecule has 1 saturated heterocycles. The van der Waals surface area contributed by atoms with Crippen LogP contribution in [-0.4, -0.2) is 24.0 Å². The Bertz CT molecular complexity index is 663. The monoisotopic (exact) mass is 303 g/mol. The molecule has 2 aliphatic rings. The van der Waals surface area contributed by atoms with E-state index in [9.17, 15) is 4.39 Å². The van der Waals surface area contributed by atoms with Crippen LogP contribution in [0.1, 0.15) is 54.0 Å². The van der Waals surface area contributed by atoms with Gasteiger partial charge in [-0.3, -0.25) is 4.99 Å². The molecule has 118 valence electrons. The first-order chi connectivity index (χ1) is 9.96. The zero-order chi connectivity index (χ0) is 16.5. The second-order valence-electron chi connectivity index (χ2n) is 7.81. The van der Waals surface area contributed by atoms with Crippen molar-refractivity contribution < 1.29 is 13.7 Å². The van der Waals surface area contributed by atoms with Gasteiger partial charge < -0.3 is 9.31 Å². The fraction of sp³-hybridized carbons (Fsp3) is 0.588. The SMILES string of the molecule is CC1=Nc2c(F)cc(B3OC(C)(C)C(C)(C)O3)cc2C1(C)C. The molecule has 0 N–H and O–H groups in total. The maximum atomic E-state index is 14.5. The van der Waals surface area contributed by atoms with Gasteiger partial charge in [0.1, 0.15) is 11.5 Å². The van der Waals surface area contributed by atoms with Crippen LogP contribution < -0.4 is 5.46 Å². The first-order valence-corrected chi connectivity index (χ1v) is 7.71. The molecule has 22 heavy (non-hydrogen) atoms. The maximum absolute atomic E-state index is 14.5. The Morgan fingerprint density at radius 3 is 2.09 bits per heavy atom. The Hall–Kier alpha value is -1.20. The van der Waals surface area contributed by atoms with Crippen LogP contribution >= 0.6 is 0 Å². The molecule has 0 radical (unpaired) electrons. The molecule has 1 aromatic rings. The van der Waals surface area contributed by atoms with Crippen molar-refractivity contribution in [3.63, 3.8) is 0 Å². The number of aliphatic imine (C=N–C) groups is 1. The molecule has 2 aliphatic heterocycles. The van der Waals surface area contributed by atoms with Crippen molar-refractivity contribution in [1.82, 2.24) is 0 Å². The van der Waals surface area contributed by atoms with E-state index in [1.807, 2.05) is 40.7 Å². The summed E-state index contributed by atoms with van der Waals surface area (Å²) >= 11 is 0. The van der Waals surface area contributed by atoms with Gasteiger partial charge in [0.05, 0.1) is 11.2 Å². The lowest BCUT2D eigenvalue weighted by molar-refractivity contribution is 0.00578. The van der Waals surface area contributed by atoms with Crippen molar-refractivity contribution in [1.29, 1.82) is 0 Å². The summed E-state index contributed by atoms with van der Waals surface area (Å²) in [5.74, 6) is -0.313. The minimum absolute atomic E-state index is 0.268. The molecule has 1 fully saturated rings. The number of benzene rings is 1. The molecule has 2 heterocycles. The van der Waals surface area contributed by atoms with E-state index >= 15 is 0 Å². The second-order valence-corrected chi connectivity index (χ2v) is 7.81. The number of fused-ring (bicyclic) bond motifs is 1. The molecule has 1 aromatic carbocycles. The predicted molar refractivity (Wildman–Crippen MR) is 87.9 cm³/mol. The molecule has 0 saturated carbocycles. The van der Waals surface area contributed by atoms with Gasteiger partial charge in [0.25, 0.3) is 0 Å². The molecule has 0 bridgehead atoms. The van der Waals surface area contributed by atoms with E-state index < -0.39 is 18.3 Å². The maximum Gasteiger partial charge on any atom is 0.494 e. The van der Waals surface area contributed by atoms with Crippen molar-refractivity contribution >= 4 is 24.0 Å². The number of hydrogen-bond donors (Lipinski definition) is 0. The first kappa shape index (κ1) is 15.7. The molecule has 0 atom stereocenters. The molecule has 0 unspecified atom stereocenters. The van der Waals surface area contributed by atoms with Crippen molar-refractivity contribution in [3.05, 3.63) is 23.5 Å². The number of nitrogens with zero attached hydrogens (tertiary/aromatic N) is 1. The Morgan fingerprint density at radius 2 is 1.55 bits per heavy atom. The third-order valence-electron chi connectivity index (χ3n) is 5.47. The summed E-state index contributed by atoms with van der Waals surface area (Å²) in [6.45, 7) is 14.0. The Morgan fingerprint density at radius 1 is 1.00 bits per heavy atom. The first-order valence-electron chi connectivity index (χ1n) is 7.71. The number of rotatable bonds is 1. The third kappa shape index (κ3) is 2.06. The molecular weight excluding hydrogens is 280 g/mol. The molecule has 0 aliphatic carbocycles. The van der Waals surface area contributed by atoms with Gasteiger partial charge in [-0.05, 0) is 51.7 Å². The van der Waals surface area contributed by atoms with Crippen LogP contribution in [-0.2, 0) is 14.7 Å². The zero-order valence-electron chi connectivity index (χ0n) is 14.4. The minimum Gasteiger partial charge on any atom is -0.399 e. The lowest BCUT2D eigenvalue weighted by Crippen LogP contribution is -2.41. The fourth-order valence-electron chi connectivity index (χ4n) is 2.83. The molecule has 0 amide bonds. The third-order valence-corrected chi connectivity index (χ3v) is 5.47.